The predicted octanol–water partition coefficient (Wildman–Crippen LogP) is 3.98. The third-order valence-electron chi connectivity index (χ3n) is 2.60. The lowest BCUT2D eigenvalue weighted by atomic mass is 10.1. The van der Waals surface area contributed by atoms with Crippen molar-refractivity contribution in [1.82, 2.24) is 0 Å². The molecule has 0 fully saturated rings. The van der Waals surface area contributed by atoms with Crippen LogP contribution >= 0.6 is 0 Å². The zero-order chi connectivity index (χ0) is 10.4. The first-order valence-corrected chi connectivity index (χ1v) is 5.43. The van der Waals surface area contributed by atoms with Crippen molar-refractivity contribution in [3.8, 4) is 0 Å². The summed E-state index contributed by atoms with van der Waals surface area (Å²) in [5, 5.41) is 0. The lowest BCUT2D eigenvalue weighted by Gasteiger charge is -2.16. The molecule has 0 bridgehead atoms. The molecule has 0 aromatic rings. The Morgan fingerprint density at radius 1 is 1.50 bits per heavy atom. The van der Waals surface area contributed by atoms with Crippen LogP contribution in [0.1, 0.15) is 40.0 Å². The lowest BCUT2D eigenvalue weighted by molar-refractivity contribution is 0.200. The summed E-state index contributed by atoms with van der Waals surface area (Å²) >= 11 is 0. The first-order valence-electron chi connectivity index (χ1n) is 5.43. The van der Waals surface area contributed by atoms with Crippen molar-refractivity contribution in [1.29, 1.82) is 0 Å². The summed E-state index contributed by atoms with van der Waals surface area (Å²) in [6.45, 7) is 7.27. The number of rotatable bonds is 3. The highest BCUT2D eigenvalue weighted by Crippen LogP contribution is 2.20. The third kappa shape index (κ3) is 3.06. The highest BCUT2D eigenvalue weighted by atomic mass is 16.5. The van der Waals surface area contributed by atoms with Crippen LogP contribution in [0.2, 0.25) is 0 Å². The summed E-state index contributed by atoms with van der Waals surface area (Å²) in [6.07, 6.45) is 9.83. The van der Waals surface area contributed by atoms with E-state index in [0.717, 1.165) is 25.2 Å². The molecule has 1 heteroatoms. The molecule has 0 saturated carbocycles. The van der Waals surface area contributed by atoms with E-state index in [1.165, 1.54) is 17.6 Å². The molecule has 1 nitrogen and oxygen atoms in total. The predicted molar refractivity (Wildman–Crippen MR) is 61.1 cm³/mol. The average Bonchev–Trinajstić information content (AvgIpc) is 2.22. The Balaban J connectivity index is 2.67. The Hall–Kier alpha value is -0.980. The largest absolute Gasteiger partial charge is 0.494 e. The first-order chi connectivity index (χ1) is 6.77. The highest BCUT2D eigenvalue weighted by molar-refractivity contribution is 5.27. The number of ether oxygens (including phenoxy) is 1. The molecule has 1 rings (SSSR count). The van der Waals surface area contributed by atoms with Crippen molar-refractivity contribution >= 4 is 0 Å². The number of hydrogen-bond acceptors (Lipinski definition) is 1. The van der Waals surface area contributed by atoms with Crippen LogP contribution in [0.15, 0.2) is 35.1 Å². The van der Waals surface area contributed by atoms with Crippen LogP contribution in [-0.4, -0.2) is 6.61 Å². The molecule has 0 amide bonds. The van der Waals surface area contributed by atoms with E-state index in [1.54, 1.807) is 0 Å². The van der Waals surface area contributed by atoms with E-state index in [9.17, 15) is 0 Å². The summed E-state index contributed by atoms with van der Waals surface area (Å²) in [5.41, 5.74) is 2.73. The van der Waals surface area contributed by atoms with Gasteiger partial charge in [0, 0.05) is 0 Å². The molecule has 14 heavy (non-hydrogen) atoms. The van der Waals surface area contributed by atoms with E-state index in [1.807, 2.05) is 0 Å². The molecule has 0 saturated heterocycles. The van der Waals surface area contributed by atoms with E-state index in [2.05, 4.69) is 39.0 Å². The van der Waals surface area contributed by atoms with E-state index >= 15 is 0 Å². The molecule has 0 aromatic carbocycles. The standard InChI is InChI=1S/C13H20O/c1-4-12(5-2)8-9-13-11(3)7-6-10-14-13/h4,8-9H,5-7,10H2,1-3H3/b9-8-,12-4-. The van der Waals surface area contributed by atoms with Crippen LogP contribution < -0.4 is 0 Å². The third-order valence-corrected chi connectivity index (χ3v) is 2.60. The Bertz CT molecular complexity index is 269. The van der Waals surface area contributed by atoms with Gasteiger partial charge < -0.3 is 4.74 Å². The second kappa shape index (κ2) is 5.69. The SMILES string of the molecule is C/C=C(\C=C/C1=C(C)CCCO1)CC. The second-order valence-corrected chi connectivity index (χ2v) is 3.65. The van der Waals surface area contributed by atoms with Crippen LogP contribution in [0.25, 0.3) is 0 Å². The van der Waals surface area contributed by atoms with Gasteiger partial charge in [0.15, 0.2) is 0 Å². The molecule has 0 N–H and O–H groups in total. The van der Waals surface area contributed by atoms with Gasteiger partial charge in [-0.2, -0.15) is 0 Å². The molecule has 0 atom stereocenters. The quantitative estimate of drug-likeness (QED) is 0.614. The van der Waals surface area contributed by atoms with Gasteiger partial charge in [0.1, 0.15) is 5.76 Å². The van der Waals surface area contributed by atoms with Crippen LogP contribution in [0.3, 0.4) is 0 Å². The monoisotopic (exact) mass is 192 g/mol. The fraction of sp³-hybridized carbons (Fsp3) is 0.538. The van der Waals surface area contributed by atoms with E-state index in [0.29, 0.717) is 0 Å². The van der Waals surface area contributed by atoms with Crippen molar-refractivity contribution in [2.24, 2.45) is 0 Å². The van der Waals surface area contributed by atoms with E-state index in [-0.39, 0.29) is 0 Å². The molecule has 0 aromatic heterocycles. The summed E-state index contributed by atoms with van der Waals surface area (Å²) in [5.74, 6) is 1.07. The Morgan fingerprint density at radius 2 is 2.29 bits per heavy atom. The smallest absolute Gasteiger partial charge is 0.118 e. The molecular formula is C13H20O. The average molecular weight is 192 g/mol. The summed E-state index contributed by atoms with van der Waals surface area (Å²) in [7, 11) is 0. The summed E-state index contributed by atoms with van der Waals surface area (Å²) in [4.78, 5) is 0. The van der Waals surface area contributed by atoms with Crippen LogP contribution in [0.5, 0.6) is 0 Å². The molecule has 0 unspecified atom stereocenters. The minimum absolute atomic E-state index is 0.869. The van der Waals surface area contributed by atoms with Crippen LogP contribution in [0.4, 0.5) is 0 Å². The van der Waals surface area contributed by atoms with Gasteiger partial charge in [-0.05, 0) is 44.8 Å². The Kier molecular flexibility index (Phi) is 4.51. The van der Waals surface area contributed by atoms with Gasteiger partial charge in [-0.1, -0.05) is 24.6 Å². The highest BCUT2D eigenvalue weighted by Gasteiger charge is 2.06. The molecule has 1 aliphatic rings. The van der Waals surface area contributed by atoms with Crippen molar-refractivity contribution < 1.29 is 4.74 Å². The summed E-state index contributed by atoms with van der Waals surface area (Å²) < 4.78 is 5.60. The van der Waals surface area contributed by atoms with Gasteiger partial charge in [-0.15, -0.1) is 0 Å². The van der Waals surface area contributed by atoms with Crippen molar-refractivity contribution in [2.75, 3.05) is 6.61 Å². The van der Waals surface area contributed by atoms with E-state index in [4.69, 9.17) is 4.74 Å². The van der Waals surface area contributed by atoms with Crippen molar-refractivity contribution in [3.63, 3.8) is 0 Å². The lowest BCUT2D eigenvalue weighted by Crippen LogP contribution is -2.03. The molecule has 0 aliphatic carbocycles. The topological polar surface area (TPSA) is 9.23 Å². The normalized spacial score (nSPS) is 18.9. The number of allylic oxidation sites excluding steroid dienone is 5. The molecule has 0 spiro atoms. The zero-order valence-corrected chi connectivity index (χ0v) is 9.47. The second-order valence-electron chi connectivity index (χ2n) is 3.65. The molecular weight excluding hydrogens is 172 g/mol. The first kappa shape index (κ1) is 11.1. The van der Waals surface area contributed by atoms with Gasteiger partial charge in [0.25, 0.3) is 0 Å². The van der Waals surface area contributed by atoms with Crippen molar-refractivity contribution in [3.05, 3.63) is 35.1 Å². The van der Waals surface area contributed by atoms with Gasteiger partial charge in [0.2, 0.25) is 0 Å². The minimum Gasteiger partial charge on any atom is -0.494 e. The molecule has 78 valence electrons. The molecule has 0 radical (unpaired) electrons. The van der Waals surface area contributed by atoms with Gasteiger partial charge in [-0.25, -0.2) is 0 Å². The van der Waals surface area contributed by atoms with Crippen LogP contribution in [0, 0.1) is 0 Å². The minimum atomic E-state index is 0.869. The summed E-state index contributed by atoms with van der Waals surface area (Å²) in [6, 6.07) is 0. The van der Waals surface area contributed by atoms with Crippen molar-refractivity contribution in [2.45, 2.75) is 40.0 Å². The molecule has 1 heterocycles. The Morgan fingerprint density at radius 3 is 2.86 bits per heavy atom. The maximum absolute atomic E-state index is 5.60. The fourth-order valence-corrected chi connectivity index (χ4v) is 1.56. The van der Waals surface area contributed by atoms with Gasteiger partial charge in [-0.3, -0.25) is 0 Å². The Labute approximate surface area is 87.2 Å². The van der Waals surface area contributed by atoms with E-state index < -0.39 is 0 Å². The maximum atomic E-state index is 5.60. The zero-order valence-electron chi connectivity index (χ0n) is 9.47. The molecule has 1 aliphatic heterocycles. The van der Waals surface area contributed by atoms with Gasteiger partial charge in [0.05, 0.1) is 6.61 Å². The number of hydrogen-bond donors (Lipinski definition) is 0. The maximum Gasteiger partial charge on any atom is 0.118 e. The van der Waals surface area contributed by atoms with Gasteiger partial charge >= 0.3 is 0 Å². The fourth-order valence-electron chi connectivity index (χ4n) is 1.56. The van der Waals surface area contributed by atoms with Crippen LogP contribution in [-0.2, 0) is 4.74 Å².